The zero-order valence-electron chi connectivity index (χ0n) is 13.4. The second-order valence-corrected chi connectivity index (χ2v) is 5.92. The van der Waals surface area contributed by atoms with Gasteiger partial charge in [0.1, 0.15) is 11.6 Å². The number of nitrogens with zero attached hydrogens (tertiary/aromatic N) is 3. The van der Waals surface area contributed by atoms with E-state index in [1.807, 2.05) is 12.1 Å². The Kier molecular flexibility index (Phi) is 4.83. The third-order valence-electron chi connectivity index (χ3n) is 4.03. The van der Waals surface area contributed by atoms with Gasteiger partial charge in [0.25, 0.3) is 0 Å². The average molecular weight is 316 g/mol. The van der Waals surface area contributed by atoms with E-state index in [-0.39, 0.29) is 18.0 Å². The summed E-state index contributed by atoms with van der Waals surface area (Å²) in [7, 11) is 2.10. The maximum Gasteiger partial charge on any atom is 0.148 e. The van der Waals surface area contributed by atoms with Gasteiger partial charge in [0, 0.05) is 18.7 Å². The van der Waals surface area contributed by atoms with Crippen LogP contribution < -0.4 is 5.32 Å². The van der Waals surface area contributed by atoms with Gasteiger partial charge >= 0.3 is 0 Å². The summed E-state index contributed by atoms with van der Waals surface area (Å²) in [5, 5.41) is 11.7. The molecule has 23 heavy (non-hydrogen) atoms. The Morgan fingerprint density at radius 2 is 2.00 bits per heavy atom. The van der Waals surface area contributed by atoms with Crippen LogP contribution in [0.5, 0.6) is 0 Å². The Bertz CT molecular complexity index is 632. The van der Waals surface area contributed by atoms with Crippen molar-refractivity contribution in [3.05, 3.63) is 42.2 Å². The first-order chi connectivity index (χ1) is 11.1. The van der Waals surface area contributed by atoms with E-state index in [0.717, 1.165) is 31.0 Å². The number of hydrogen-bond donors (Lipinski definition) is 1. The van der Waals surface area contributed by atoms with E-state index in [1.54, 1.807) is 12.1 Å². The predicted molar refractivity (Wildman–Crippen MR) is 87.7 cm³/mol. The molecule has 1 N–H and O–H groups in total. The van der Waals surface area contributed by atoms with Gasteiger partial charge in [-0.2, -0.15) is 0 Å². The highest BCUT2D eigenvalue weighted by molar-refractivity contribution is 5.59. The van der Waals surface area contributed by atoms with Crippen molar-refractivity contribution in [2.24, 2.45) is 0 Å². The van der Waals surface area contributed by atoms with Crippen molar-refractivity contribution in [1.29, 1.82) is 0 Å². The molecule has 1 saturated heterocycles. The van der Waals surface area contributed by atoms with Crippen molar-refractivity contribution < 1.29 is 9.13 Å². The van der Waals surface area contributed by atoms with Crippen LogP contribution in [0.1, 0.15) is 6.92 Å². The molecule has 0 amide bonds. The summed E-state index contributed by atoms with van der Waals surface area (Å²) in [6, 6.07) is 10.1. The third kappa shape index (κ3) is 4.03. The molecule has 2 heterocycles. The summed E-state index contributed by atoms with van der Waals surface area (Å²) in [5.41, 5.74) is 1.56. The van der Waals surface area contributed by atoms with Crippen LogP contribution in [-0.4, -0.2) is 54.0 Å². The number of ether oxygens (including phenoxy) is 1. The summed E-state index contributed by atoms with van der Waals surface area (Å²) in [6.45, 7) is 4.70. The Labute approximate surface area is 135 Å². The summed E-state index contributed by atoms with van der Waals surface area (Å²) < 4.78 is 18.8. The topological polar surface area (TPSA) is 50.3 Å². The Balaban J connectivity index is 1.64. The van der Waals surface area contributed by atoms with E-state index in [0.29, 0.717) is 5.82 Å². The number of halogens is 1. The van der Waals surface area contributed by atoms with Crippen LogP contribution in [0.15, 0.2) is 36.4 Å². The summed E-state index contributed by atoms with van der Waals surface area (Å²) >= 11 is 0. The first-order valence-electron chi connectivity index (χ1n) is 7.78. The molecule has 1 fully saturated rings. The minimum Gasteiger partial charge on any atom is -0.373 e. The van der Waals surface area contributed by atoms with Crippen LogP contribution >= 0.6 is 0 Å². The van der Waals surface area contributed by atoms with Crippen molar-refractivity contribution in [2.75, 3.05) is 32.1 Å². The van der Waals surface area contributed by atoms with Crippen LogP contribution in [0.4, 0.5) is 10.2 Å². The molecular weight excluding hydrogens is 295 g/mol. The second kappa shape index (κ2) is 7.02. The molecule has 1 aromatic carbocycles. The molecule has 0 bridgehead atoms. The molecule has 2 aromatic rings. The van der Waals surface area contributed by atoms with Gasteiger partial charge in [0.15, 0.2) is 0 Å². The fourth-order valence-electron chi connectivity index (χ4n) is 2.62. The van der Waals surface area contributed by atoms with Crippen LogP contribution in [0, 0.1) is 5.82 Å². The van der Waals surface area contributed by atoms with Crippen LogP contribution in [0.25, 0.3) is 11.3 Å². The minimum absolute atomic E-state index is 0.132. The largest absolute Gasteiger partial charge is 0.373 e. The van der Waals surface area contributed by atoms with Gasteiger partial charge in [-0.1, -0.05) is 0 Å². The second-order valence-electron chi connectivity index (χ2n) is 5.92. The lowest BCUT2D eigenvalue weighted by molar-refractivity contribution is -0.0260. The fraction of sp³-hybridized carbons (Fsp3) is 0.412. The van der Waals surface area contributed by atoms with Crippen molar-refractivity contribution in [3.8, 4) is 11.3 Å². The normalized spacial score (nSPS) is 20.2. The quantitative estimate of drug-likeness (QED) is 0.939. The summed E-state index contributed by atoms with van der Waals surface area (Å²) in [5.74, 6) is 0.450. The molecule has 1 aliphatic rings. The van der Waals surface area contributed by atoms with E-state index >= 15 is 0 Å². The monoisotopic (exact) mass is 316 g/mol. The molecule has 0 aliphatic carbocycles. The van der Waals surface area contributed by atoms with E-state index in [9.17, 15) is 4.39 Å². The zero-order chi connectivity index (χ0) is 16.2. The van der Waals surface area contributed by atoms with Crippen LogP contribution in [0.3, 0.4) is 0 Å². The fourth-order valence-corrected chi connectivity index (χ4v) is 2.62. The number of rotatable bonds is 4. The van der Waals surface area contributed by atoms with E-state index in [4.69, 9.17) is 4.74 Å². The van der Waals surface area contributed by atoms with Gasteiger partial charge in [0.05, 0.1) is 24.4 Å². The van der Waals surface area contributed by atoms with Gasteiger partial charge in [-0.15, -0.1) is 10.2 Å². The molecular formula is C17H21FN4O. The highest BCUT2D eigenvalue weighted by Crippen LogP contribution is 2.18. The van der Waals surface area contributed by atoms with Crippen molar-refractivity contribution in [1.82, 2.24) is 15.1 Å². The number of morpholine rings is 1. The van der Waals surface area contributed by atoms with Crippen molar-refractivity contribution >= 4 is 5.82 Å². The molecule has 2 atom stereocenters. The standard InChI is InChI=1S/C17H21FN4O/c1-12(16-11-22(2)9-10-23-16)19-17-8-7-15(20-21-17)13-3-5-14(18)6-4-13/h3-8,12,16H,9-11H2,1-2H3,(H,19,21). The van der Waals surface area contributed by atoms with Crippen LogP contribution in [0.2, 0.25) is 0 Å². The number of likely N-dealkylation sites (N-methyl/N-ethyl adjacent to an activating group) is 1. The number of hydrogen-bond acceptors (Lipinski definition) is 5. The Hall–Kier alpha value is -2.05. The van der Waals surface area contributed by atoms with E-state index < -0.39 is 0 Å². The molecule has 0 radical (unpaired) electrons. The number of benzene rings is 1. The van der Waals surface area contributed by atoms with Gasteiger partial charge in [-0.3, -0.25) is 0 Å². The molecule has 1 aromatic heterocycles. The summed E-state index contributed by atoms with van der Waals surface area (Å²) in [6.07, 6.45) is 0.132. The Morgan fingerprint density at radius 1 is 1.22 bits per heavy atom. The lowest BCUT2D eigenvalue weighted by Gasteiger charge is -2.34. The highest BCUT2D eigenvalue weighted by atomic mass is 19.1. The number of aromatic nitrogens is 2. The predicted octanol–water partition coefficient (Wildman–Crippen LogP) is 2.41. The molecule has 122 valence electrons. The lowest BCUT2D eigenvalue weighted by atomic mass is 10.1. The maximum absolute atomic E-state index is 13.0. The minimum atomic E-state index is -0.258. The first-order valence-corrected chi connectivity index (χ1v) is 7.78. The zero-order valence-corrected chi connectivity index (χ0v) is 13.4. The van der Waals surface area contributed by atoms with Crippen molar-refractivity contribution in [3.63, 3.8) is 0 Å². The maximum atomic E-state index is 13.0. The van der Waals surface area contributed by atoms with Gasteiger partial charge in [-0.25, -0.2) is 4.39 Å². The number of nitrogens with one attached hydrogen (secondary N) is 1. The molecule has 3 rings (SSSR count). The smallest absolute Gasteiger partial charge is 0.148 e. The van der Waals surface area contributed by atoms with Crippen molar-refractivity contribution in [2.45, 2.75) is 19.1 Å². The molecule has 0 spiro atoms. The van der Waals surface area contributed by atoms with E-state index in [1.165, 1.54) is 12.1 Å². The summed E-state index contributed by atoms with van der Waals surface area (Å²) in [4.78, 5) is 2.26. The SMILES string of the molecule is CC(Nc1ccc(-c2ccc(F)cc2)nn1)C1CN(C)CCO1. The van der Waals surface area contributed by atoms with E-state index in [2.05, 4.69) is 34.4 Å². The highest BCUT2D eigenvalue weighted by Gasteiger charge is 2.23. The molecule has 5 nitrogen and oxygen atoms in total. The van der Waals surface area contributed by atoms with Crippen LogP contribution in [-0.2, 0) is 4.74 Å². The number of anilines is 1. The molecule has 2 unspecified atom stereocenters. The van der Waals surface area contributed by atoms with Gasteiger partial charge in [-0.05, 0) is 50.4 Å². The Morgan fingerprint density at radius 3 is 2.65 bits per heavy atom. The average Bonchev–Trinajstić information content (AvgIpc) is 2.56. The lowest BCUT2D eigenvalue weighted by Crippen LogP contribution is -2.47. The molecule has 6 heteroatoms. The van der Waals surface area contributed by atoms with Gasteiger partial charge in [0.2, 0.25) is 0 Å². The van der Waals surface area contributed by atoms with Gasteiger partial charge < -0.3 is 15.0 Å². The molecule has 0 saturated carbocycles. The molecule has 1 aliphatic heterocycles. The first kappa shape index (κ1) is 15.8. The third-order valence-corrected chi connectivity index (χ3v) is 4.03.